The highest BCUT2D eigenvalue weighted by Crippen LogP contribution is 2.31. The Morgan fingerprint density at radius 3 is 2.71 bits per heavy atom. The van der Waals surface area contributed by atoms with Gasteiger partial charge in [-0.1, -0.05) is 12.1 Å². The van der Waals surface area contributed by atoms with Gasteiger partial charge in [-0.2, -0.15) is 0 Å². The van der Waals surface area contributed by atoms with Gasteiger partial charge in [-0.3, -0.25) is 4.90 Å². The lowest BCUT2D eigenvalue weighted by Gasteiger charge is -2.35. The molecule has 4 rings (SSSR count). The number of oxazole rings is 1. The van der Waals surface area contributed by atoms with E-state index in [-0.39, 0.29) is 0 Å². The highest BCUT2D eigenvalue weighted by Gasteiger charge is 2.32. The van der Waals surface area contributed by atoms with Crippen molar-refractivity contribution in [3.8, 4) is 0 Å². The van der Waals surface area contributed by atoms with Crippen LogP contribution in [-0.2, 0) is 0 Å². The van der Waals surface area contributed by atoms with Gasteiger partial charge in [-0.25, -0.2) is 4.98 Å². The van der Waals surface area contributed by atoms with Gasteiger partial charge >= 0.3 is 0 Å². The third-order valence-corrected chi connectivity index (χ3v) is 5.08. The lowest BCUT2D eigenvalue weighted by molar-refractivity contribution is 0.141. The maximum atomic E-state index is 5.96. The van der Waals surface area contributed by atoms with Crippen molar-refractivity contribution >= 4 is 11.1 Å². The molecule has 3 heterocycles. The predicted octanol–water partition coefficient (Wildman–Crippen LogP) is 2.71. The highest BCUT2D eigenvalue weighted by atomic mass is 16.3. The summed E-state index contributed by atoms with van der Waals surface area (Å²) in [6.07, 6.45) is 3.78. The van der Waals surface area contributed by atoms with Gasteiger partial charge in [0.15, 0.2) is 11.5 Å². The van der Waals surface area contributed by atoms with Crippen LogP contribution in [0.1, 0.15) is 31.1 Å². The zero-order valence-electron chi connectivity index (χ0n) is 12.7. The average Bonchev–Trinajstić information content (AvgIpc) is 3.14. The number of rotatable bonds is 2. The summed E-state index contributed by atoms with van der Waals surface area (Å²) in [7, 11) is 2.22. The largest absolute Gasteiger partial charge is 0.440 e. The molecular formula is C17H23N3O. The van der Waals surface area contributed by atoms with Crippen LogP contribution in [0, 0.1) is 0 Å². The van der Waals surface area contributed by atoms with Crippen molar-refractivity contribution in [2.45, 2.75) is 31.2 Å². The molecule has 0 radical (unpaired) electrons. The molecule has 21 heavy (non-hydrogen) atoms. The Labute approximate surface area is 125 Å². The summed E-state index contributed by atoms with van der Waals surface area (Å²) in [5.74, 6) is 1.41. The van der Waals surface area contributed by atoms with Crippen LogP contribution < -0.4 is 0 Å². The first-order valence-electron chi connectivity index (χ1n) is 8.07. The van der Waals surface area contributed by atoms with E-state index in [4.69, 9.17) is 4.42 Å². The first kappa shape index (κ1) is 13.3. The number of likely N-dealkylation sites (tertiary alicyclic amines) is 2. The molecule has 0 aliphatic carbocycles. The Bertz CT molecular complexity index is 582. The molecule has 2 saturated heterocycles. The van der Waals surface area contributed by atoms with Gasteiger partial charge in [-0.05, 0) is 58.1 Å². The molecule has 1 unspecified atom stereocenters. The van der Waals surface area contributed by atoms with E-state index in [1.165, 1.54) is 38.9 Å². The number of hydrogen-bond donors (Lipinski definition) is 0. The Balaban J connectivity index is 1.46. The van der Waals surface area contributed by atoms with Crippen molar-refractivity contribution in [2.24, 2.45) is 0 Å². The number of aromatic nitrogens is 1. The van der Waals surface area contributed by atoms with Gasteiger partial charge < -0.3 is 9.32 Å². The number of hydrogen-bond acceptors (Lipinski definition) is 4. The van der Waals surface area contributed by atoms with Gasteiger partial charge in [-0.15, -0.1) is 0 Å². The third-order valence-electron chi connectivity index (χ3n) is 5.08. The van der Waals surface area contributed by atoms with E-state index in [1.807, 2.05) is 24.3 Å². The minimum Gasteiger partial charge on any atom is -0.440 e. The molecule has 0 bridgehead atoms. The third kappa shape index (κ3) is 2.58. The van der Waals surface area contributed by atoms with Crippen molar-refractivity contribution < 1.29 is 4.42 Å². The van der Waals surface area contributed by atoms with Crippen molar-refractivity contribution in [1.29, 1.82) is 0 Å². The molecule has 1 atom stereocenters. The molecule has 4 heteroatoms. The van der Waals surface area contributed by atoms with E-state index in [9.17, 15) is 0 Å². The highest BCUT2D eigenvalue weighted by molar-refractivity contribution is 5.72. The van der Waals surface area contributed by atoms with Crippen LogP contribution in [0.4, 0.5) is 0 Å². The fourth-order valence-electron chi connectivity index (χ4n) is 3.75. The number of benzene rings is 1. The second kappa shape index (κ2) is 5.43. The lowest BCUT2D eigenvalue weighted by atomic mass is 10.0. The van der Waals surface area contributed by atoms with Crippen LogP contribution in [0.3, 0.4) is 0 Å². The molecule has 1 aromatic heterocycles. The summed E-state index contributed by atoms with van der Waals surface area (Å²) in [5, 5.41) is 0. The summed E-state index contributed by atoms with van der Waals surface area (Å²) in [6, 6.07) is 8.84. The SMILES string of the molecule is CN1CCC(N2CCC(c3nc4ccccc4o3)C2)CC1. The molecule has 0 N–H and O–H groups in total. The molecule has 0 amide bonds. The van der Waals surface area contributed by atoms with Gasteiger partial charge in [0.05, 0.1) is 0 Å². The second-order valence-electron chi connectivity index (χ2n) is 6.53. The quantitative estimate of drug-likeness (QED) is 0.849. The van der Waals surface area contributed by atoms with E-state index < -0.39 is 0 Å². The van der Waals surface area contributed by atoms with Crippen molar-refractivity contribution in [2.75, 3.05) is 33.2 Å². The Kier molecular flexibility index (Phi) is 3.43. The fourth-order valence-corrected chi connectivity index (χ4v) is 3.75. The van der Waals surface area contributed by atoms with Crippen LogP contribution in [0.2, 0.25) is 0 Å². The number of para-hydroxylation sites is 2. The van der Waals surface area contributed by atoms with Crippen molar-refractivity contribution in [1.82, 2.24) is 14.8 Å². The summed E-state index contributed by atoms with van der Waals surface area (Å²) in [6.45, 7) is 4.77. The minimum atomic E-state index is 0.469. The molecule has 2 fully saturated rings. The first-order chi connectivity index (χ1) is 10.3. The molecule has 112 valence electrons. The second-order valence-corrected chi connectivity index (χ2v) is 6.53. The molecule has 2 aliphatic heterocycles. The fraction of sp³-hybridized carbons (Fsp3) is 0.588. The summed E-state index contributed by atoms with van der Waals surface area (Å²) in [4.78, 5) is 9.78. The number of nitrogens with zero attached hydrogens (tertiary/aromatic N) is 3. The van der Waals surface area contributed by atoms with E-state index in [0.29, 0.717) is 5.92 Å². The molecule has 4 nitrogen and oxygen atoms in total. The smallest absolute Gasteiger partial charge is 0.199 e. The maximum Gasteiger partial charge on any atom is 0.199 e. The molecule has 0 saturated carbocycles. The molecule has 1 aromatic carbocycles. The van der Waals surface area contributed by atoms with Crippen LogP contribution >= 0.6 is 0 Å². The van der Waals surface area contributed by atoms with Crippen LogP contribution in [0.5, 0.6) is 0 Å². The Hall–Kier alpha value is -1.39. The summed E-state index contributed by atoms with van der Waals surface area (Å²) < 4.78 is 5.96. The molecule has 2 aromatic rings. The van der Waals surface area contributed by atoms with Gasteiger partial charge in [0.1, 0.15) is 5.52 Å². The van der Waals surface area contributed by atoms with E-state index in [0.717, 1.165) is 29.6 Å². The van der Waals surface area contributed by atoms with Crippen molar-refractivity contribution in [3.05, 3.63) is 30.2 Å². The van der Waals surface area contributed by atoms with Crippen LogP contribution in [0.25, 0.3) is 11.1 Å². The lowest BCUT2D eigenvalue weighted by Crippen LogP contribution is -2.42. The number of piperidine rings is 1. The van der Waals surface area contributed by atoms with Gasteiger partial charge in [0, 0.05) is 18.5 Å². The minimum absolute atomic E-state index is 0.469. The van der Waals surface area contributed by atoms with E-state index >= 15 is 0 Å². The monoisotopic (exact) mass is 285 g/mol. The van der Waals surface area contributed by atoms with Crippen LogP contribution in [0.15, 0.2) is 28.7 Å². The molecular weight excluding hydrogens is 262 g/mol. The van der Waals surface area contributed by atoms with Crippen LogP contribution in [-0.4, -0.2) is 54.1 Å². The Morgan fingerprint density at radius 1 is 1.10 bits per heavy atom. The standard InChI is InChI=1S/C17H23N3O/c1-19-9-7-14(8-10-19)20-11-6-13(12-20)17-18-15-4-2-3-5-16(15)21-17/h2-5,13-14H,6-12H2,1H3. The summed E-state index contributed by atoms with van der Waals surface area (Å²) in [5.41, 5.74) is 1.91. The first-order valence-corrected chi connectivity index (χ1v) is 8.07. The molecule has 2 aliphatic rings. The van der Waals surface area contributed by atoms with Crippen molar-refractivity contribution in [3.63, 3.8) is 0 Å². The average molecular weight is 285 g/mol. The van der Waals surface area contributed by atoms with E-state index in [2.05, 4.69) is 21.8 Å². The zero-order chi connectivity index (χ0) is 14.2. The summed E-state index contributed by atoms with van der Waals surface area (Å²) >= 11 is 0. The Morgan fingerprint density at radius 2 is 1.90 bits per heavy atom. The maximum absolute atomic E-state index is 5.96. The zero-order valence-corrected chi connectivity index (χ0v) is 12.7. The van der Waals surface area contributed by atoms with Gasteiger partial charge in [0.2, 0.25) is 0 Å². The number of fused-ring (bicyclic) bond motifs is 1. The van der Waals surface area contributed by atoms with E-state index in [1.54, 1.807) is 0 Å². The topological polar surface area (TPSA) is 32.5 Å². The normalized spacial score (nSPS) is 25.9. The van der Waals surface area contributed by atoms with Gasteiger partial charge in [0.25, 0.3) is 0 Å². The predicted molar refractivity (Wildman–Crippen MR) is 83.5 cm³/mol. The molecule has 0 spiro atoms.